The molecule has 198 valence electrons. The van der Waals surface area contributed by atoms with Crippen LogP contribution in [0.4, 0.5) is 0 Å². The summed E-state index contributed by atoms with van der Waals surface area (Å²) >= 11 is 0. The molecule has 0 saturated heterocycles. The predicted molar refractivity (Wildman–Crippen MR) is 155 cm³/mol. The van der Waals surface area contributed by atoms with Crippen molar-refractivity contribution in [3.05, 3.63) is 106 Å². The fraction of sp³-hybridized carbons (Fsp3) is 0.294. The Labute approximate surface area is 226 Å². The third-order valence-electron chi connectivity index (χ3n) is 7.65. The van der Waals surface area contributed by atoms with E-state index in [1.165, 1.54) is 5.56 Å². The van der Waals surface area contributed by atoms with Gasteiger partial charge in [0.15, 0.2) is 0 Å². The average molecular weight is 511 g/mol. The number of ether oxygens (including phenoxy) is 2. The molecule has 4 heteroatoms. The van der Waals surface area contributed by atoms with E-state index in [4.69, 9.17) is 9.47 Å². The van der Waals surface area contributed by atoms with Gasteiger partial charge in [-0.25, -0.2) is 0 Å². The Balaban J connectivity index is 1.83. The molecule has 0 aromatic heterocycles. The van der Waals surface area contributed by atoms with Gasteiger partial charge in [0, 0.05) is 23.0 Å². The third-order valence-corrected chi connectivity index (χ3v) is 7.65. The van der Waals surface area contributed by atoms with Gasteiger partial charge in [0.2, 0.25) is 0 Å². The van der Waals surface area contributed by atoms with E-state index in [9.17, 15) is 10.2 Å². The van der Waals surface area contributed by atoms with E-state index in [2.05, 4.69) is 44.2 Å². The molecule has 38 heavy (non-hydrogen) atoms. The normalized spacial score (nSPS) is 12.7. The van der Waals surface area contributed by atoms with Gasteiger partial charge in [0.25, 0.3) is 0 Å². The maximum atomic E-state index is 11.3. The van der Waals surface area contributed by atoms with E-state index in [-0.39, 0.29) is 23.3 Å². The Morgan fingerprint density at radius 1 is 0.658 bits per heavy atom. The number of phenols is 2. The Bertz CT molecular complexity index is 1390. The summed E-state index contributed by atoms with van der Waals surface area (Å²) in [5, 5.41) is 22.5. The molecule has 0 heterocycles. The lowest BCUT2D eigenvalue weighted by Gasteiger charge is -2.22. The number of aryl methyl sites for hydroxylation is 2. The molecule has 0 bridgehead atoms. The topological polar surface area (TPSA) is 58.9 Å². The lowest BCUT2D eigenvalue weighted by Crippen LogP contribution is -2.03. The van der Waals surface area contributed by atoms with E-state index in [1.807, 2.05) is 56.3 Å². The van der Waals surface area contributed by atoms with Gasteiger partial charge in [-0.15, -0.1) is 0 Å². The summed E-state index contributed by atoms with van der Waals surface area (Å²) in [5.41, 5.74) is 7.50. The van der Waals surface area contributed by atoms with Crippen molar-refractivity contribution in [3.8, 4) is 34.1 Å². The van der Waals surface area contributed by atoms with Crippen LogP contribution in [0.25, 0.3) is 11.1 Å². The van der Waals surface area contributed by atoms with Crippen LogP contribution in [0.15, 0.2) is 72.8 Å². The molecule has 0 amide bonds. The summed E-state index contributed by atoms with van der Waals surface area (Å²) in [6.07, 6.45) is 1.59. The van der Waals surface area contributed by atoms with Crippen LogP contribution in [0.5, 0.6) is 23.0 Å². The molecule has 0 fully saturated rings. The first-order valence-corrected chi connectivity index (χ1v) is 13.3. The minimum atomic E-state index is 0.0950. The van der Waals surface area contributed by atoms with Crippen LogP contribution in [0.3, 0.4) is 0 Å². The van der Waals surface area contributed by atoms with Gasteiger partial charge in [-0.05, 0) is 89.5 Å². The molecule has 4 nitrogen and oxygen atoms in total. The molecule has 4 aromatic carbocycles. The van der Waals surface area contributed by atoms with Gasteiger partial charge < -0.3 is 19.7 Å². The maximum Gasteiger partial charge on any atom is 0.126 e. The first-order chi connectivity index (χ1) is 18.3. The molecule has 2 atom stereocenters. The highest BCUT2D eigenvalue weighted by Gasteiger charge is 2.21. The SMILES string of the molecule is CCc1cc(C(CC)c2ccc(OC)cc2)cc(-c2cc(C(C)c3ccc(OC)cc3)cc(C)c2O)c1O. The number of benzene rings is 4. The Kier molecular flexibility index (Phi) is 8.31. The van der Waals surface area contributed by atoms with Crippen molar-refractivity contribution < 1.29 is 19.7 Å². The molecule has 0 saturated carbocycles. The van der Waals surface area contributed by atoms with Crippen LogP contribution in [0.1, 0.15) is 72.4 Å². The van der Waals surface area contributed by atoms with E-state index in [0.717, 1.165) is 45.7 Å². The molecule has 0 aliphatic rings. The fourth-order valence-electron chi connectivity index (χ4n) is 5.24. The van der Waals surface area contributed by atoms with E-state index in [0.29, 0.717) is 17.5 Å². The summed E-state index contributed by atoms with van der Waals surface area (Å²) < 4.78 is 10.7. The standard InChI is InChI=1S/C34H38O4/c1-7-23-18-27(30(8-2)25-11-15-29(38-6)16-12-25)20-32(34(23)36)31-19-26(17-21(3)33(31)35)22(4)24-9-13-28(37-5)14-10-24/h9-20,22,30,35-36H,7-8H2,1-6H3. The molecule has 0 radical (unpaired) electrons. The third kappa shape index (κ3) is 5.35. The van der Waals surface area contributed by atoms with Crippen molar-refractivity contribution in [2.24, 2.45) is 0 Å². The van der Waals surface area contributed by atoms with Crippen molar-refractivity contribution in [1.82, 2.24) is 0 Å². The molecule has 0 aliphatic carbocycles. The molecule has 2 unspecified atom stereocenters. The highest BCUT2D eigenvalue weighted by Crippen LogP contribution is 2.44. The van der Waals surface area contributed by atoms with E-state index >= 15 is 0 Å². The second-order valence-electron chi connectivity index (χ2n) is 9.89. The van der Waals surface area contributed by atoms with Crippen LogP contribution < -0.4 is 9.47 Å². The Morgan fingerprint density at radius 2 is 1.18 bits per heavy atom. The molecular formula is C34H38O4. The summed E-state index contributed by atoms with van der Waals surface area (Å²) in [5.74, 6) is 2.31. The second kappa shape index (κ2) is 11.6. The lowest BCUT2D eigenvalue weighted by atomic mass is 9.84. The highest BCUT2D eigenvalue weighted by atomic mass is 16.5. The van der Waals surface area contributed by atoms with Gasteiger partial charge in [-0.2, -0.15) is 0 Å². The number of hydrogen-bond donors (Lipinski definition) is 2. The smallest absolute Gasteiger partial charge is 0.126 e. The average Bonchev–Trinajstić information content (AvgIpc) is 2.95. The highest BCUT2D eigenvalue weighted by molar-refractivity contribution is 5.79. The molecule has 2 N–H and O–H groups in total. The number of methoxy groups -OCH3 is 2. The predicted octanol–water partition coefficient (Wildman–Crippen LogP) is 8.35. The van der Waals surface area contributed by atoms with Gasteiger partial charge in [0.1, 0.15) is 23.0 Å². The number of aromatic hydroxyl groups is 2. The molecular weight excluding hydrogens is 472 g/mol. The van der Waals surface area contributed by atoms with Crippen molar-refractivity contribution >= 4 is 0 Å². The maximum absolute atomic E-state index is 11.3. The van der Waals surface area contributed by atoms with Crippen molar-refractivity contribution in [3.63, 3.8) is 0 Å². The van der Waals surface area contributed by atoms with Crippen LogP contribution >= 0.6 is 0 Å². The Hall–Kier alpha value is -3.92. The number of rotatable bonds is 9. The minimum absolute atomic E-state index is 0.0950. The summed E-state index contributed by atoms with van der Waals surface area (Å²) in [6, 6.07) is 24.4. The lowest BCUT2D eigenvalue weighted by molar-refractivity contribution is 0.414. The Morgan fingerprint density at radius 3 is 1.71 bits per heavy atom. The zero-order valence-corrected chi connectivity index (χ0v) is 23.2. The van der Waals surface area contributed by atoms with E-state index < -0.39 is 0 Å². The van der Waals surface area contributed by atoms with Crippen molar-refractivity contribution in [1.29, 1.82) is 0 Å². The molecule has 4 aromatic rings. The summed E-state index contributed by atoms with van der Waals surface area (Å²) in [4.78, 5) is 0. The van der Waals surface area contributed by atoms with Crippen LogP contribution in [-0.4, -0.2) is 24.4 Å². The van der Waals surface area contributed by atoms with Crippen LogP contribution in [-0.2, 0) is 6.42 Å². The monoisotopic (exact) mass is 510 g/mol. The molecule has 4 rings (SSSR count). The van der Waals surface area contributed by atoms with Crippen molar-refractivity contribution in [2.45, 2.75) is 52.4 Å². The second-order valence-corrected chi connectivity index (χ2v) is 9.89. The van der Waals surface area contributed by atoms with Gasteiger partial charge in [-0.3, -0.25) is 0 Å². The summed E-state index contributed by atoms with van der Waals surface area (Å²) in [7, 11) is 3.33. The van der Waals surface area contributed by atoms with Gasteiger partial charge in [0.05, 0.1) is 14.2 Å². The quantitative estimate of drug-likeness (QED) is 0.238. The van der Waals surface area contributed by atoms with Crippen LogP contribution in [0, 0.1) is 6.92 Å². The number of hydrogen-bond acceptors (Lipinski definition) is 4. The zero-order valence-electron chi connectivity index (χ0n) is 23.2. The molecule has 0 aliphatic heterocycles. The van der Waals surface area contributed by atoms with Crippen LogP contribution in [0.2, 0.25) is 0 Å². The van der Waals surface area contributed by atoms with Gasteiger partial charge >= 0.3 is 0 Å². The minimum Gasteiger partial charge on any atom is -0.507 e. The van der Waals surface area contributed by atoms with Crippen molar-refractivity contribution in [2.75, 3.05) is 14.2 Å². The largest absolute Gasteiger partial charge is 0.507 e. The zero-order chi connectivity index (χ0) is 27.4. The fourth-order valence-corrected chi connectivity index (χ4v) is 5.24. The summed E-state index contributed by atoms with van der Waals surface area (Å²) in [6.45, 7) is 8.29. The number of phenolic OH excluding ortho intramolecular Hbond substituents is 2. The first-order valence-electron chi connectivity index (χ1n) is 13.3. The molecule has 0 spiro atoms. The van der Waals surface area contributed by atoms with Gasteiger partial charge in [-0.1, -0.05) is 57.2 Å². The van der Waals surface area contributed by atoms with E-state index in [1.54, 1.807) is 14.2 Å². The first kappa shape index (κ1) is 27.1.